The van der Waals surface area contributed by atoms with Crippen molar-refractivity contribution >= 4 is 59.5 Å². The van der Waals surface area contributed by atoms with Crippen molar-refractivity contribution < 1.29 is 37.6 Å². The van der Waals surface area contributed by atoms with E-state index in [2.05, 4.69) is 27.7 Å². The molecule has 29 heavy (non-hydrogen) atoms. The fourth-order valence-corrected chi connectivity index (χ4v) is 8.44. The molecule has 174 valence electrons. The summed E-state index contributed by atoms with van der Waals surface area (Å²) < 4.78 is 22.0. The first-order chi connectivity index (χ1) is 12.5. The van der Waals surface area contributed by atoms with Crippen molar-refractivity contribution in [3.05, 3.63) is 0 Å². The van der Waals surface area contributed by atoms with E-state index in [4.69, 9.17) is 66.2 Å². The smallest absolute Gasteiger partial charge is 0.0606 e. The van der Waals surface area contributed by atoms with E-state index < -0.39 is 11.4 Å². The molecule has 0 fully saturated rings. The molecule has 0 aromatic heterocycles. The normalized spacial score (nSPS) is 17.9. The van der Waals surface area contributed by atoms with E-state index in [1.165, 1.54) is 0 Å². The van der Waals surface area contributed by atoms with E-state index in [0.717, 1.165) is 12.8 Å². The third-order valence-corrected chi connectivity index (χ3v) is 7.57. The molecule has 4 nitrogen and oxygen atoms in total. The van der Waals surface area contributed by atoms with E-state index >= 15 is 0 Å². The first-order valence-electron chi connectivity index (χ1n) is 9.81. The van der Waals surface area contributed by atoms with Gasteiger partial charge in [0, 0.05) is 19.5 Å². The Morgan fingerprint density at radius 2 is 0.828 bits per heavy atom. The minimum absolute atomic E-state index is 0. The van der Waals surface area contributed by atoms with E-state index in [0.29, 0.717) is 11.8 Å². The SMILES string of the molecule is CC(C)CC(C)OP(=S)([S-])OC(C)C.CC(C)CC(C)OP(=S)([S-])OC(C)C.[Zn]. The zero-order valence-electron chi connectivity index (χ0n) is 19.7. The molecule has 0 saturated heterocycles. The summed E-state index contributed by atoms with van der Waals surface area (Å²) in [6.07, 6.45) is 2.22. The van der Waals surface area contributed by atoms with Gasteiger partial charge in [-0.2, -0.15) is 0 Å². The van der Waals surface area contributed by atoms with Crippen molar-refractivity contribution in [2.24, 2.45) is 11.8 Å². The van der Waals surface area contributed by atoms with Gasteiger partial charge in [0.2, 0.25) is 0 Å². The molecule has 0 spiro atoms. The van der Waals surface area contributed by atoms with Crippen molar-refractivity contribution in [3.8, 4) is 0 Å². The summed E-state index contributed by atoms with van der Waals surface area (Å²) in [7, 11) is 0. The van der Waals surface area contributed by atoms with Gasteiger partial charge in [-0.3, -0.25) is 0 Å². The van der Waals surface area contributed by atoms with E-state index in [1.54, 1.807) is 0 Å². The van der Waals surface area contributed by atoms with Crippen molar-refractivity contribution in [1.29, 1.82) is 0 Å². The van der Waals surface area contributed by atoms with E-state index in [-0.39, 0.29) is 43.9 Å². The van der Waals surface area contributed by atoms with Crippen LogP contribution in [0, 0.1) is 11.8 Å². The van der Waals surface area contributed by atoms with Crippen LogP contribution in [0.2, 0.25) is 0 Å². The number of hydrogen-bond acceptors (Lipinski definition) is 8. The molecule has 0 N–H and O–H groups in total. The maximum Gasteiger partial charge on any atom is 0.0606 e. The first-order valence-corrected chi connectivity index (χ1v) is 17.1. The topological polar surface area (TPSA) is 36.9 Å². The molecule has 11 heteroatoms. The minimum Gasteiger partial charge on any atom is -0.691 e. The number of hydrogen-bond donors (Lipinski definition) is 0. The molecule has 0 aliphatic heterocycles. The Labute approximate surface area is 214 Å². The second-order valence-electron chi connectivity index (χ2n) is 8.29. The molecule has 0 rings (SSSR count). The Bertz CT molecular complexity index is 464. The van der Waals surface area contributed by atoms with Crippen LogP contribution in [0.25, 0.3) is 0 Å². The fourth-order valence-electron chi connectivity index (χ4n) is 2.42. The van der Waals surface area contributed by atoms with Gasteiger partial charge < -0.3 is 42.6 Å². The predicted octanol–water partition coefficient (Wildman–Crippen LogP) is 7.27. The van der Waals surface area contributed by atoms with Gasteiger partial charge in [-0.25, -0.2) is 0 Å². The summed E-state index contributed by atoms with van der Waals surface area (Å²) in [4.78, 5) is 0. The summed E-state index contributed by atoms with van der Waals surface area (Å²) in [5, 5.41) is 0. The molecule has 0 amide bonds. The second-order valence-corrected chi connectivity index (χ2v) is 18.1. The molecule has 0 aliphatic rings. The second kappa shape index (κ2) is 17.9. The largest absolute Gasteiger partial charge is 0.691 e. The summed E-state index contributed by atoms with van der Waals surface area (Å²) >= 11 is 20.5. The third kappa shape index (κ3) is 26.6. The molecule has 0 aromatic rings. The van der Waals surface area contributed by atoms with Crippen LogP contribution in [-0.2, 0) is 85.7 Å². The van der Waals surface area contributed by atoms with Crippen LogP contribution in [0.5, 0.6) is 0 Å². The molecular formula is C18H40O4P2S4Zn-2. The van der Waals surface area contributed by atoms with E-state index in [9.17, 15) is 0 Å². The number of rotatable bonds is 12. The van der Waals surface area contributed by atoms with Gasteiger partial charge in [-0.05, 0) is 66.2 Å². The summed E-state index contributed by atoms with van der Waals surface area (Å²) in [5.41, 5.74) is -4.89. The van der Waals surface area contributed by atoms with Crippen LogP contribution in [-0.4, -0.2) is 24.4 Å². The van der Waals surface area contributed by atoms with Gasteiger partial charge in [0.1, 0.15) is 0 Å². The van der Waals surface area contributed by atoms with Gasteiger partial charge in [0.15, 0.2) is 0 Å². The Hall–Kier alpha value is 2.46. The van der Waals surface area contributed by atoms with Crippen LogP contribution < -0.4 is 0 Å². The van der Waals surface area contributed by atoms with Crippen molar-refractivity contribution in [2.45, 2.75) is 106 Å². The molecular weight excluding hydrogens is 536 g/mol. The monoisotopic (exact) mass is 574 g/mol. The molecule has 0 aromatic carbocycles. The molecule has 0 radical (unpaired) electrons. The standard InChI is InChI=1S/2C9H21O2PS2.Zn/c2*1-7(2)6-9(5)11-12(13,14)10-8(3)4;/h2*7-9H,6H2,1-5H3,(H,13,14);/p-2. The minimum atomic E-state index is -2.44. The van der Waals surface area contributed by atoms with Gasteiger partial charge >= 0.3 is 0 Å². The average Bonchev–Trinajstić information content (AvgIpc) is 2.30. The van der Waals surface area contributed by atoms with Crippen LogP contribution in [0.3, 0.4) is 0 Å². The molecule has 4 unspecified atom stereocenters. The van der Waals surface area contributed by atoms with Gasteiger partial charge in [0.25, 0.3) is 0 Å². The molecule has 0 bridgehead atoms. The van der Waals surface area contributed by atoms with Crippen molar-refractivity contribution in [2.75, 3.05) is 0 Å². The van der Waals surface area contributed by atoms with Crippen molar-refractivity contribution in [3.63, 3.8) is 0 Å². The van der Waals surface area contributed by atoms with E-state index in [1.807, 2.05) is 41.5 Å². The molecule has 0 saturated carbocycles. The first kappa shape index (κ1) is 36.0. The predicted molar refractivity (Wildman–Crippen MR) is 136 cm³/mol. The van der Waals surface area contributed by atoms with Gasteiger partial charge in [-0.15, -0.1) is 0 Å². The Morgan fingerprint density at radius 3 is 1.00 bits per heavy atom. The summed E-state index contributed by atoms with van der Waals surface area (Å²) in [6.45, 7) is 20.3. The molecule has 4 atom stereocenters. The van der Waals surface area contributed by atoms with Crippen LogP contribution in [0.4, 0.5) is 0 Å². The maximum absolute atomic E-state index is 5.58. The summed E-state index contributed by atoms with van der Waals surface area (Å²) in [6, 6.07) is 0. The Morgan fingerprint density at radius 1 is 0.586 bits per heavy atom. The van der Waals surface area contributed by atoms with Crippen LogP contribution >= 0.6 is 11.4 Å². The quantitative estimate of drug-likeness (QED) is 0.137. The van der Waals surface area contributed by atoms with Gasteiger partial charge in [0.05, 0.1) is 35.8 Å². The Kier molecular flexibility index (Phi) is 22.2. The summed E-state index contributed by atoms with van der Waals surface area (Å²) in [5.74, 6) is 1.18. The zero-order chi connectivity index (χ0) is 22.7. The zero-order valence-corrected chi connectivity index (χ0v) is 27.8. The molecule has 0 aliphatic carbocycles. The third-order valence-electron chi connectivity index (χ3n) is 2.90. The van der Waals surface area contributed by atoms with Crippen LogP contribution in [0.15, 0.2) is 0 Å². The maximum atomic E-state index is 5.58. The van der Waals surface area contributed by atoms with Gasteiger partial charge in [-0.1, -0.05) is 51.3 Å². The molecule has 0 heterocycles. The fraction of sp³-hybridized carbons (Fsp3) is 1.00. The van der Waals surface area contributed by atoms with Crippen molar-refractivity contribution in [1.82, 2.24) is 0 Å². The average molecular weight is 576 g/mol. The van der Waals surface area contributed by atoms with Crippen LogP contribution in [0.1, 0.15) is 82.1 Å². The Balaban J connectivity index is -0.000000451.